The number of carbonyl (C=O) groups is 1. The van der Waals surface area contributed by atoms with Gasteiger partial charge < -0.3 is 25.7 Å². The summed E-state index contributed by atoms with van der Waals surface area (Å²) < 4.78 is 0. The lowest BCUT2D eigenvalue weighted by Crippen LogP contribution is -2.53. The van der Waals surface area contributed by atoms with Crippen LogP contribution in [0.3, 0.4) is 0 Å². The minimum absolute atomic E-state index is 0.362. The summed E-state index contributed by atoms with van der Waals surface area (Å²) in [6.45, 7) is 4.09. The molecule has 0 saturated carbocycles. The molecular formula is C70H135NO5. The van der Waals surface area contributed by atoms with Gasteiger partial charge in [-0.3, -0.25) is 4.79 Å². The fraction of sp³-hybridized carbons (Fsp3) is 0.900. The molecule has 0 bridgehead atoms. The topological polar surface area (TPSA) is 110 Å². The van der Waals surface area contributed by atoms with E-state index in [1.165, 1.54) is 302 Å². The first kappa shape index (κ1) is 74.5. The number of hydrogen-bond acceptors (Lipinski definition) is 5. The van der Waals surface area contributed by atoms with Crippen molar-refractivity contribution in [3.8, 4) is 0 Å². The van der Waals surface area contributed by atoms with Gasteiger partial charge in [-0.15, -0.1) is 0 Å². The number of aliphatic hydroxyl groups excluding tert-OH is 4. The first-order chi connectivity index (χ1) is 37.5. The average Bonchev–Trinajstić information content (AvgIpc) is 3.42. The fourth-order valence-electron chi connectivity index (χ4n) is 11.0. The van der Waals surface area contributed by atoms with Crippen molar-refractivity contribution < 1.29 is 25.2 Å². The van der Waals surface area contributed by atoms with E-state index in [0.717, 1.165) is 38.5 Å². The maximum atomic E-state index is 12.6. The lowest BCUT2D eigenvalue weighted by molar-refractivity contribution is -0.132. The molecule has 4 atom stereocenters. The molecule has 5 N–H and O–H groups in total. The van der Waals surface area contributed by atoms with Crippen LogP contribution in [-0.4, -0.2) is 57.3 Å². The highest BCUT2D eigenvalue weighted by Crippen LogP contribution is 2.19. The van der Waals surface area contributed by atoms with E-state index >= 15 is 0 Å². The van der Waals surface area contributed by atoms with Crippen molar-refractivity contribution in [2.75, 3.05) is 6.61 Å². The van der Waals surface area contributed by atoms with Gasteiger partial charge in [0, 0.05) is 0 Å². The van der Waals surface area contributed by atoms with E-state index < -0.39 is 36.9 Å². The van der Waals surface area contributed by atoms with Gasteiger partial charge in [-0.25, -0.2) is 0 Å². The van der Waals surface area contributed by atoms with Gasteiger partial charge in [-0.05, 0) is 77.0 Å². The van der Waals surface area contributed by atoms with E-state index in [9.17, 15) is 25.2 Å². The lowest BCUT2D eigenvalue weighted by Gasteiger charge is -2.27. The third kappa shape index (κ3) is 57.2. The van der Waals surface area contributed by atoms with Gasteiger partial charge in [0.1, 0.15) is 12.2 Å². The molecule has 0 aromatic heterocycles. The molecule has 0 aliphatic rings. The van der Waals surface area contributed by atoms with Gasteiger partial charge in [0.2, 0.25) is 5.91 Å². The standard InChI is InChI=1S/C70H135NO5/c1-3-5-7-9-11-13-15-17-19-21-23-25-27-29-30-31-32-33-34-35-36-37-38-39-40-42-44-46-48-50-52-54-56-58-60-62-64-68(74)70(76)71-66(65-72)69(75)67(73)63-61-59-57-55-53-51-49-47-45-43-41-28-26-24-22-20-18-16-14-12-10-8-6-4-2/h33-34,47,49,55,57,66-69,72-75H,3-32,35-46,48,50-54,56,58-65H2,1-2H3,(H,71,76)/b34-33-,49-47+,57-55+. The summed E-state index contributed by atoms with van der Waals surface area (Å²) in [5.74, 6) is -0.592. The van der Waals surface area contributed by atoms with Crippen LogP contribution in [-0.2, 0) is 4.79 Å². The SMILES string of the molecule is CCCCCCCCCCCCCCCCC/C=C/CC/C=C/CCCC(O)C(O)C(CO)NC(=O)C(O)CCCCCCCCCCCCCCCCCC/C=C\CCCCCCCCCCCCCCCCCC. The first-order valence-corrected chi connectivity index (χ1v) is 34.4. The molecule has 0 heterocycles. The summed E-state index contributed by atoms with van der Waals surface area (Å²) in [5, 5.41) is 44.1. The molecule has 76 heavy (non-hydrogen) atoms. The zero-order valence-electron chi connectivity index (χ0n) is 51.3. The molecule has 0 fully saturated rings. The molecule has 4 unspecified atom stereocenters. The molecule has 0 saturated heterocycles. The average molecular weight is 1070 g/mol. The van der Waals surface area contributed by atoms with E-state index in [2.05, 4.69) is 55.6 Å². The third-order valence-electron chi connectivity index (χ3n) is 16.3. The number of unbranched alkanes of at least 4 members (excludes halogenated alkanes) is 49. The van der Waals surface area contributed by atoms with Crippen LogP contribution >= 0.6 is 0 Å². The summed E-state index contributed by atoms with van der Waals surface area (Å²) in [5.41, 5.74) is 0. The largest absolute Gasteiger partial charge is 0.394 e. The molecule has 1 amide bonds. The Labute approximate surface area is 475 Å². The third-order valence-corrected chi connectivity index (χ3v) is 16.3. The van der Waals surface area contributed by atoms with Crippen LogP contribution in [0.2, 0.25) is 0 Å². The Balaban J connectivity index is 3.57. The van der Waals surface area contributed by atoms with Gasteiger partial charge in [0.05, 0.1) is 18.8 Å². The van der Waals surface area contributed by atoms with Crippen molar-refractivity contribution >= 4 is 5.91 Å². The van der Waals surface area contributed by atoms with Crippen molar-refractivity contribution in [3.63, 3.8) is 0 Å². The van der Waals surface area contributed by atoms with Crippen molar-refractivity contribution in [1.29, 1.82) is 0 Å². The van der Waals surface area contributed by atoms with Gasteiger partial charge in [-0.2, -0.15) is 0 Å². The molecule has 450 valence electrons. The Bertz CT molecular complexity index is 1200. The fourth-order valence-corrected chi connectivity index (χ4v) is 11.0. The quantitative estimate of drug-likeness (QED) is 0.0308. The van der Waals surface area contributed by atoms with Gasteiger partial charge >= 0.3 is 0 Å². The smallest absolute Gasteiger partial charge is 0.249 e. The van der Waals surface area contributed by atoms with E-state index in [1.54, 1.807) is 0 Å². The zero-order valence-corrected chi connectivity index (χ0v) is 51.3. The maximum Gasteiger partial charge on any atom is 0.249 e. The number of allylic oxidation sites excluding steroid dienone is 6. The van der Waals surface area contributed by atoms with Gasteiger partial charge in [-0.1, -0.05) is 333 Å². The number of aliphatic hydroxyl groups is 4. The molecular weight excluding hydrogens is 935 g/mol. The Morgan fingerprint density at radius 3 is 0.829 bits per heavy atom. The second-order valence-electron chi connectivity index (χ2n) is 23.9. The molecule has 0 aromatic carbocycles. The van der Waals surface area contributed by atoms with Gasteiger partial charge in [0.25, 0.3) is 0 Å². The molecule has 0 aliphatic heterocycles. The van der Waals surface area contributed by atoms with Crippen LogP contribution in [0, 0.1) is 0 Å². The Morgan fingerprint density at radius 2 is 0.553 bits per heavy atom. The normalized spacial score (nSPS) is 13.7. The first-order valence-electron chi connectivity index (χ1n) is 34.4. The second kappa shape index (κ2) is 64.4. The molecule has 6 heteroatoms. The molecule has 0 rings (SSSR count). The van der Waals surface area contributed by atoms with Crippen molar-refractivity contribution in [3.05, 3.63) is 36.5 Å². The monoisotopic (exact) mass is 1070 g/mol. The van der Waals surface area contributed by atoms with E-state index in [1.807, 2.05) is 0 Å². The summed E-state index contributed by atoms with van der Waals surface area (Å²) >= 11 is 0. The molecule has 0 radical (unpaired) electrons. The zero-order chi connectivity index (χ0) is 55.1. The summed E-state index contributed by atoms with van der Waals surface area (Å²) in [6.07, 6.45) is 82.7. The highest BCUT2D eigenvalue weighted by atomic mass is 16.3. The number of nitrogens with one attached hydrogen (secondary N) is 1. The predicted molar refractivity (Wildman–Crippen MR) is 334 cm³/mol. The molecule has 6 nitrogen and oxygen atoms in total. The summed E-state index contributed by atoms with van der Waals surface area (Å²) in [4.78, 5) is 12.6. The predicted octanol–water partition coefficient (Wildman–Crippen LogP) is 21.1. The summed E-state index contributed by atoms with van der Waals surface area (Å²) in [6, 6.07) is -1.01. The number of amides is 1. The van der Waals surface area contributed by atoms with Crippen LogP contribution < -0.4 is 5.32 Å². The van der Waals surface area contributed by atoms with Crippen LogP contribution in [0.4, 0.5) is 0 Å². The van der Waals surface area contributed by atoms with E-state index in [-0.39, 0.29) is 0 Å². The van der Waals surface area contributed by atoms with Crippen molar-refractivity contribution in [1.82, 2.24) is 5.32 Å². The van der Waals surface area contributed by atoms with Crippen LogP contribution in [0.25, 0.3) is 0 Å². The Hall–Kier alpha value is -1.47. The lowest BCUT2D eigenvalue weighted by atomic mass is 10.00. The highest BCUT2D eigenvalue weighted by Gasteiger charge is 2.28. The van der Waals surface area contributed by atoms with Gasteiger partial charge in [0.15, 0.2) is 0 Å². The minimum atomic E-state index is -1.29. The molecule has 0 aliphatic carbocycles. The summed E-state index contributed by atoms with van der Waals surface area (Å²) in [7, 11) is 0. The molecule has 0 aromatic rings. The van der Waals surface area contributed by atoms with Crippen molar-refractivity contribution in [2.45, 2.75) is 398 Å². The Morgan fingerprint density at radius 1 is 0.316 bits per heavy atom. The second-order valence-corrected chi connectivity index (χ2v) is 23.9. The number of hydrogen-bond donors (Lipinski definition) is 5. The minimum Gasteiger partial charge on any atom is -0.394 e. The van der Waals surface area contributed by atoms with Crippen LogP contribution in [0.5, 0.6) is 0 Å². The number of rotatable bonds is 64. The van der Waals surface area contributed by atoms with E-state index in [4.69, 9.17) is 0 Å². The van der Waals surface area contributed by atoms with E-state index in [0.29, 0.717) is 19.3 Å². The Kier molecular flexibility index (Phi) is 63.1. The van der Waals surface area contributed by atoms with Crippen molar-refractivity contribution in [2.24, 2.45) is 0 Å². The number of carbonyl (C=O) groups excluding carboxylic acids is 1. The van der Waals surface area contributed by atoms with Crippen LogP contribution in [0.15, 0.2) is 36.5 Å². The highest BCUT2D eigenvalue weighted by molar-refractivity contribution is 5.80. The maximum absolute atomic E-state index is 12.6. The van der Waals surface area contributed by atoms with Crippen LogP contribution in [0.1, 0.15) is 373 Å². The molecule has 0 spiro atoms.